The van der Waals surface area contributed by atoms with Gasteiger partial charge in [-0.3, -0.25) is 14.5 Å². The van der Waals surface area contributed by atoms with Gasteiger partial charge in [-0.05, 0) is 17.7 Å². The number of thiophene rings is 1. The summed E-state index contributed by atoms with van der Waals surface area (Å²) >= 11 is 1.07. The van der Waals surface area contributed by atoms with Crippen LogP contribution in [0.2, 0.25) is 0 Å². The molecule has 3 heterocycles. The maximum Gasteiger partial charge on any atom is 0.272 e. The number of ether oxygens (including phenoxy) is 2. The molecule has 8 nitrogen and oxygen atoms in total. The Morgan fingerprint density at radius 3 is 2.65 bits per heavy atom. The number of imide groups is 1. The standard InChI is InChI=1S/C16H14N2O6S2/c1-26(21,22)6-10(8-2-3-11-12(4-8)24-7-23-11)18-15(19)13-9(17)5-25-14(13)16(18)20/h2-5,10H,6-7,17H2,1H3. The number of benzene rings is 1. The molecule has 1 aromatic heterocycles. The molecule has 0 fully saturated rings. The molecule has 0 saturated heterocycles. The van der Waals surface area contributed by atoms with Gasteiger partial charge in [0, 0.05) is 11.6 Å². The summed E-state index contributed by atoms with van der Waals surface area (Å²) in [6.07, 6.45) is 1.06. The number of anilines is 1. The molecule has 2 aliphatic rings. The minimum Gasteiger partial charge on any atom is -0.454 e. The van der Waals surface area contributed by atoms with Crippen molar-refractivity contribution in [2.24, 2.45) is 0 Å². The molecule has 136 valence electrons. The highest BCUT2D eigenvalue weighted by Crippen LogP contribution is 2.40. The van der Waals surface area contributed by atoms with Crippen LogP contribution in [0.1, 0.15) is 31.6 Å². The predicted octanol–water partition coefficient (Wildman–Crippen LogP) is 1.44. The number of nitrogens with zero attached hydrogens (tertiary/aromatic N) is 1. The molecule has 2 amide bonds. The third kappa shape index (κ3) is 2.61. The van der Waals surface area contributed by atoms with Crippen LogP contribution in [0, 0.1) is 0 Å². The van der Waals surface area contributed by atoms with E-state index >= 15 is 0 Å². The van der Waals surface area contributed by atoms with E-state index in [4.69, 9.17) is 15.2 Å². The second-order valence-corrected chi connectivity index (χ2v) is 9.16. The monoisotopic (exact) mass is 394 g/mol. The summed E-state index contributed by atoms with van der Waals surface area (Å²) in [4.78, 5) is 26.8. The van der Waals surface area contributed by atoms with Crippen molar-refractivity contribution >= 4 is 38.7 Å². The molecule has 0 spiro atoms. The van der Waals surface area contributed by atoms with E-state index in [1.54, 1.807) is 18.2 Å². The summed E-state index contributed by atoms with van der Waals surface area (Å²) in [6.45, 7) is 0.0604. The molecule has 0 saturated carbocycles. The Hall–Kier alpha value is -2.59. The van der Waals surface area contributed by atoms with Crippen LogP contribution in [-0.4, -0.2) is 43.9 Å². The summed E-state index contributed by atoms with van der Waals surface area (Å²) < 4.78 is 34.5. The van der Waals surface area contributed by atoms with Crippen LogP contribution >= 0.6 is 11.3 Å². The minimum atomic E-state index is -3.50. The van der Waals surface area contributed by atoms with Crippen LogP contribution in [0.3, 0.4) is 0 Å². The maximum absolute atomic E-state index is 12.8. The molecular formula is C16H14N2O6S2. The quantitative estimate of drug-likeness (QED) is 0.780. The number of nitrogens with two attached hydrogens (primary N) is 1. The molecular weight excluding hydrogens is 380 g/mol. The highest BCUT2D eigenvalue weighted by molar-refractivity contribution is 7.90. The Labute approximate surface area is 153 Å². The van der Waals surface area contributed by atoms with Crippen molar-refractivity contribution in [1.29, 1.82) is 0 Å². The van der Waals surface area contributed by atoms with E-state index in [1.807, 2.05) is 0 Å². The Kier molecular flexibility index (Phi) is 3.70. The lowest BCUT2D eigenvalue weighted by atomic mass is 10.1. The van der Waals surface area contributed by atoms with Gasteiger partial charge in [0.1, 0.15) is 14.7 Å². The van der Waals surface area contributed by atoms with Gasteiger partial charge in [0.25, 0.3) is 11.8 Å². The minimum absolute atomic E-state index is 0.0604. The molecule has 0 aliphatic carbocycles. The van der Waals surface area contributed by atoms with E-state index in [0.29, 0.717) is 17.1 Å². The highest BCUT2D eigenvalue weighted by Gasteiger charge is 2.44. The smallest absolute Gasteiger partial charge is 0.272 e. The van der Waals surface area contributed by atoms with Gasteiger partial charge in [-0.2, -0.15) is 0 Å². The first-order valence-electron chi connectivity index (χ1n) is 7.58. The van der Waals surface area contributed by atoms with Crippen LogP contribution in [0.5, 0.6) is 11.5 Å². The Morgan fingerprint density at radius 2 is 1.96 bits per heavy atom. The van der Waals surface area contributed by atoms with Crippen LogP contribution in [-0.2, 0) is 9.84 Å². The van der Waals surface area contributed by atoms with Crippen LogP contribution in [0.4, 0.5) is 5.69 Å². The predicted molar refractivity (Wildman–Crippen MR) is 94.2 cm³/mol. The van der Waals surface area contributed by atoms with Crippen LogP contribution in [0.25, 0.3) is 0 Å². The average Bonchev–Trinajstić information content (AvgIpc) is 3.23. The lowest BCUT2D eigenvalue weighted by Gasteiger charge is -2.26. The maximum atomic E-state index is 12.8. The fourth-order valence-electron chi connectivity index (χ4n) is 3.08. The molecule has 1 unspecified atom stereocenters. The number of nitrogen functional groups attached to an aromatic ring is 1. The van der Waals surface area contributed by atoms with Gasteiger partial charge in [0.05, 0.1) is 23.0 Å². The van der Waals surface area contributed by atoms with E-state index in [2.05, 4.69) is 0 Å². The molecule has 1 aromatic carbocycles. The first kappa shape index (κ1) is 16.9. The highest BCUT2D eigenvalue weighted by atomic mass is 32.2. The van der Waals surface area contributed by atoms with Gasteiger partial charge in [-0.1, -0.05) is 6.07 Å². The number of rotatable bonds is 4. The zero-order valence-electron chi connectivity index (χ0n) is 13.6. The molecule has 26 heavy (non-hydrogen) atoms. The van der Waals surface area contributed by atoms with E-state index in [9.17, 15) is 18.0 Å². The number of hydrogen-bond acceptors (Lipinski definition) is 8. The fourth-order valence-corrected chi connectivity index (χ4v) is 4.88. The summed E-state index contributed by atoms with van der Waals surface area (Å²) in [5, 5.41) is 1.53. The molecule has 2 N–H and O–H groups in total. The van der Waals surface area contributed by atoms with Gasteiger partial charge >= 0.3 is 0 Å². The zero-order valence-corrected chi connectivity index (χ0v) is 15.2. The number of fused-ring (bicyclic) bond motifs is 2. The Balaban J connectivity index is 1.80. The summed E-state index contributed by atoms with van der Waals surface area (Å²) in [6, 6.07) is 3.86. The van der Waals surface area contributed by atoms with E-state index in [1.165, 1.54) is 5.38 Å². The molecule has 1 atom stereocenters. The summed E-state index contributed by atoms with van der Waals surface area (Å²) in [5.74, 6) is -0.573. The topological polar surface area (TPSA) is 116 Å². The zero-order chi connectivity index (χ0) is 18.6. The Morgan fingerprint density at radius 1 is 1.23 bits per heavy atom. The number of carbonyl (C=O) groups excluding carboxylic acids is 2. The normalized spacial score (nSPS) is 16.9. The second-order valence-electron chi connectivity index (χ2n) is 6.10. The molecule has 0 radical (unpaired) electrons. The number of hydrogen-bond donors (Lipinski definition) is 1. The van der Waals surface area contributed by atoms with E-state index in [-0.39, 0.29) is 22.9 Å². The third-order valence-electron chi connectivity index (χ3n) is 4.22. The number of sulfone groups is 1. The van der Waals surface area contributed by atoms with E-state index < -0.39 is 33.4 Å². The van der Waals surface area contributed by atoms with Crippen LogP contribution < -0.4 is 15.2 Å². The van der Waals surface area contributed by atoms with E-state index in [0.717, 1.165) is 22.5 Å². The lowest BCUT2D eigenvalue weighted by molar-refractivity contribution is 0.0599. The van der Waals surface area contributed by atoms with Gasteiger partial charge in [0.2, 0.25) is 6.79 Å². The SMILES string of the molecule is CS(=O)(=O)CC(c1ccc2c(c1)OCO2)N1C(=O)c2scc(N)c2C1=O. The lowest BCUT2D eigenvalue weighted by Crippen LogP contribution is -2.37. The number of amides is 2. The fraction of sp³-hybridized carbons (Fsp3) is 0.250. The molecule has 2 aliphatic heterocycles. The van der Waals surface area contributed by atoms with Crippen LogP contribution in [0.15, 0.2) is 23.6 Å². The second kappa shape index (κ2) is 5.71. The molecule has 4 rings (SSSR count). The first-order valence-corrected chi connectivity index (χ1v) is 10.5. The van der Waals surface area contributed by atoms with Crippen molar-refractivity contribution in [1.82, 2.24) is 4.90 Å². The van der Waals surface area contributed by atoms with Gasteiger partial charge in [0.15, 0.2) is 11.5 Å². The first-order chi connectivity index (χ1) is 12.3. The van der Waals surface area contributed by atoms with Gasteiger partial charge in [-0.15, -0.1) is 11.3 Å². The Bertz CT molecular complexity index is 1040. The van der Waals surface area contributed by atoms with Gasteiger partial charge < -0.3 is 15.2 Å². The van der Waals surface area contributed by atoms with Crippen molar-refractivity contribution in [3.63, 3.8) is 0 Å². The largest absolute Gasteiger partial charge is 0.454 e. The van der Waals surface area contributed by atoms with Crippen molar-refractivity contribution in [3.05, 3.63) is 39.6 Å². The van der Waals surface area contributed by atoms with Crippen molar-refractivity contribution in [2.45, 2.75) is 6.04 Å². The third-order valence-corrected chi connectivity index (χ3v) is 6.13. The summed E-state index contributed by atoms with van der Waals surface area (Å²) in [7, 11) is -3.50. The van der Waals surface area contributed by atoms with Crippen molar-refractivity contribution in [2.75, 3.05) is 24.5 Å². The molecule has 10 heteroatoms. The van der Waals surface area contributed by atoms with Crippen molar-refractivity contribution in [3.8, 4) is 11.5 Å². The molecule has 2 aromatic rings. The molecule has 0 bridgehead atoms. The van der Waals surface area contributed by atoms with Gasteiger partial charge in [-0.25, -0.2) is 8.42 Å². The summed E-state index contributed by atoms with van der Waals surface area (Å²) in [5.41, 5.74) is 6.63. The number of carbonyl (C=O) groups is 2. The van der Waals surface area contributed by atoms with Crippen molar-refractivity contribution < 1.29 is 27.5 Å². The average molecular weight is 394 g/mol.